The van der Waals surface area contributed by atoms with Crippen molar-refractivity contribution in [2.75, 3.05) is 19.8 Å². The molecule has 5 saturated carbocycles. The maximum absolute atomic E-state index is 12.4. The van der Waals surface area contributed by atoms with Crippen LogP contribution in [0.3, 0.4) is 0 Å². The fraction of sp³-hybridized carbons (Fsp3) is 0.979. The summed E-state index contributed by atoms with van der Waals surface area (Å²) in [6, 6.07) is 0. The normalized spacial score (nSPS) is 56.2. The number of hydrogen-bond donors (Lipinski definition) is 9. The molecule has 9 rings (SSSR count). The van der Waals surface area contributed by atoms with E-state index in [1.165, 1.54) is 6.92 Å². The van der Waals surface area contributed by atoms with Crippen LogP contribution in [0.25, 0.3) is 0 Å². The molecule has 9 aliphatic rings. The molecule has 4 saturated heterocycles. The first kappa shape index (κ1) is 48.8. The van der Waals surface area contributed by atoms with Crippen LogP contribution in [0.4, 0.5) is 0 Å². The molecule has 0 aromatic heterocycles. The summed E-state index contributed by atoms with van der Waals surface area (Å²) in [5.74, 6) is -1.02. The molecule has 0 radical (unpaired) electrons. The molecular weight excluding hydrogens is 852 g/mol. The third kappa shape index (κ3) is 7.44. The average molecular weight is 929 g/mol. The lowest BCUT2D eigenvalue weighted by Crippen LogP contribution is -2.65. The van der Waals surface area contributed by atoms with Gasteiger partial charge in [0.05, 0.1) is 55.4 Å². The molecule has 372 valence electrons. The molecule has 65 heavy (non-hydrogen) atoms. The van der Waals surface area contributed by atoms with E-state index in [2.05, 4.69) is 34.6 Å². The maximum Gasteiger partial charge on any atom is 0.303 e. The fourth-order valence-electron chi connectivity index (χ4n) is 16.1. The lowest BCUT2D eigenvalue weighted by atomic mass is 9.41. The molecule has 24 atom stereocenters. The Labute approximate surface area is 381 Å². The van der Waals surface area contributed by atoms with Gasteiger partial charge in [-0.3, -0.25) is 4.79 Å². The minimum Gasteiger partial charge on any atom is -0.457 e. The number of hydrogen-bond acceptors (Lipinski definition) is 18. The van der Waals surface area contributed by atoms with Gasteiger partial charge in [-0.25, -0.2) is 0 Å². The SMILES string of the molecule is CC(=O)O[C@H]1[C@@H](O[C@@H]2OC[C@H](O)[C@@H](O)[C@@H]2O)[C@@H](O[C@@H]2CC[C@]34C[C@]35CC[C@]3(C)[C@H]([C@@]6(C)CC[C@@H](C(C)(C)O)O6)[C@@H](O)C[C@@]3(C)[C@@H]5C[C@H](O[C@@H]3OC[C@H](O)[C@H](O)[C@@H]3O)[C@@H]4C2(C)C)OC[C@H]1O. The molecule has 5 aliphatic carbocycles. The van der Waals surface area contributed by atoms with Crippen molar-refractivity contribution in [3.63, 3.8) is 0 Å². The predicted molar refractivity (Wildman–Crippen MR) is 224 cm³/mol. The Hall–Kier alpha value is -1.17. The zero-order chi connectivity index (χ0) is 47.2. The average Bonchev–Trinajstić information content (AvgIpc) is 3.58. The van der Waals surface area contributed by atoms with Crippen LogP contribution in [0.2, 0.25) is 0 Å². The summed E-state index contributed by atoms with van der Waals surface area (Å²) in [5, 5.41) is 98.3. The van der Waals surface area contributed by atoms with Crippen molar-refractivity contribution in [3.8, 4) is 0 Å². The third-order valence-electron chi connectivity index (χ3n) is 19.2. The molecule has 4 heterocycles. The smallest absolute Gasteiger partial charge is 0.303 e. The van der Waals surface area contributed by atoms with Crippen molar-refractivity contribution in [1.82, 2.24) is 0 Å². The lowest BCUT2D eigenvalue weighted by molar-refractivity contribution is -0.359. The topological polar surface area (TPSA) is 273 Å². The zero-order valence-corrected chi connectivity index (χ0v) is 39.2. The van der Waals surface area contributed by atoms with Crippen LogP contribution in [0.1, 0.15) is 113 Å². The van der Waals surface area contributed by atoms with E-state index in [9.17, 15) is 50.8 Å². The summed E-state index contributed by atoms with van der Waals surface area (Å²) in [7, 11) is 0. The van der Waals surface area contributed by atoms with E-state index < -0.39 is 115 Å². The molecule has 0 aromatic rings. The molecular formula is C47H76O18. The second-order valence-corrected chi connectivity index (χ2v) is 23.6. The quantitative estimate of drug-likeness (QED) is 0.112. The zero-order valence-electron chi connectivity index (χ0n) is 39.2. The summed E-state index contributed by atoms with van der Waals surface area (Å²) >= 11 is 0. The van der Waals surface area contributed by atoms with Gasteiger partial charge in [-0.15, -0.1) is 0 Å². The second-order valence-electron chi connectivity index (χ2n) is 23.6. The first-order chi connectivity index (χ1) is 30.2. The fourth-order valence-corrected chi connectivity index (χ4v) is 16.1. The van der Waals surface area contributed by atoms with E-state index >= 15 is 0 Å². The van der Waals surface area contributed by atoms with Gasteiger partial charge in [-0.05, 0) is 117 Å². The minimum atomic E-state index is -1.69. The Bertz CT molecular complexity index is 1780. The van der Waals surface area contributed by atoms with E-state index in [0.29, 0.717) is 25.7 Å². The molecule has 4 aliphatic heterocycles. The largest absolute Gasteiger partial charge is 0.457 e. The van der Waals surface area contributed by atoms with Crippen molar-refractivity contribution >= 4 is 5.97 Å². The molecule has 18 heteroatoms. The van der Waals surface area contributed by atoms with E-state index in [1.807, 2.05) is 0 Å². The summed E-state index contributed by atoms with van der Waals surface area (Å²) < 4.78 is 50.1. The van der Waals surface area contributed by atoms with Crippen molar-refractivity contribution in [2.45, 2.75) is 223 Å². The Balaban J connectivity index is 1.04. The van der Waals surface area contributed by atoms with Crippen molar-refractivity contribution in [1.29, 1.82) is 0 Å². The number of fused-ring (bicyclic) bond motifs is 2. The Morgan fingerprint density at radius 3 is 1.83 bits per heavy atom. The van der Waals surface area contributed by atoms with Gasteiger partial charge in [0.25, 0.3) is 0 Å². The highest BCUT2D eigenvalue weighted by atomic mass is 16.8. The van der Waals surface area contributed by atoms with Crippen LogP contribution in [-0.4, -0.2) is 181 Å². The maximum atomic E-state index is 12.4. The minimum absolute atomic E-state index is 0.0791. The second kappa shape index (κ2) is 16.5. The van der Waals surface area contributed by atoms with Gasteiger partial charge < -0.3 is 83.9 Å². The van der Waals surface area contributed by atoms with Crippen LogP contribution in [0.15, 0.2) is 0 Å². The highest BCUT2D eigenvalue weighted by Gasteiger charge is 2.85. The first-order valence-electron chi connectivity index (χ1n) is 24.1. The van der Waals surface area contributed by atoms with E-state index in [1.54, 1.807) is 13.8 Å². The van der Waals surface area contributed by atoms with E-state index in [0.717, 1.165) is 32.1 Å². The highest BCUT2D eigenvalue weighted by Crippen LogP contribution is 2.89. The van der Waals surface area contributed by atoms with Gasteiger partial charge in [0.1, 0.15) is 42.7 Å². The standard InChI is InChI=1S/C47H76O18/c1-21(48)61-34-25(52)19-60-40(35(34)64-39-33(56)31(54)24(51)18-59-39)63-28-10-12-47-20-46(47)14-13-43(6)36(45(8)11-9-29(65-45)42(4,5)57)22(49)16-44(43,7)27(46)15-26(37(47)41(28,2)3)62-38-32(55)30(53)23(50)17-58-38/h22-40,49-57H,9-20H2,1-8H3/t22-,23-,24-,25+,26-,27-,28+,29-,30-,31+,32-,33-,34+,35+,36+,37+,38-,39-,40+,43+,44-,45+,46-,47+/m0/s1. The van der Waals surface area contributed by atoms with Crippen LogP contribution in [-0.2, 0) is 42.7 Å². The molecule has 9 fully saturated rings. The number of carbonyl (C=O) groups excluding carboxylic acids is 1. The molecule has 0 aromatic carbocycles. The molecule has 9 N–H and O–H groups in total. The van der Waals surface area contributed by atoms with E-state index in [4.69, 9.17) is 37.9 Å². The van der Waals surface area contributed by atoms with Crippen molar-refractivity contribution in [2.24, 2.45) is 44.8 Å². The number of rotatable bonds is 9. The van der Waals surface area contributed by atoms with Gasteiger partial charge in [-0.2, -0.15) is 0 Å². The van der Waals surface area contributed by atoms with Crippen LogP contribution >= 0.6 is 0 Å². The van der Waals surface area contributed by atoms with Crippen LogP contribution in [0.5, 0.6) is 0 Å². The summed E-state index contributed by atoms with van der Waals surface area (Å²) in [6.45, 7) is 14.9. The molecule has 0 unspecified atom stereocenters. The summed E-state index contributed by atoms with van der Waals surface area (Å²) in [4.78, 5) is 12.4. The number of aliphatic hydroxyl groups is 9. The summed E-state index contributed by atoms with van der Waals surface area (Å²) in [6.07, 6.45) is -12.5. The predicted octanol–water partition coefficient (Wildman–Crippen LogP) is 0.397. The number of aliphatic hydroxyl groups excluding tert-OH is 8. The third-order valence-corrected chi connectivity index (χ3v) is 19.2. The number of carbonyl (C=O) groups is 1. The molecule has 0 amide bonds. The Kier molecular flexibility index (Phi) is 12.4. The molecule has 0 bridgehead atoms. The monoisotopic (exact) mass is 929 g/mol. The van der Waals surface area contributed by atoms with Gasteiger partial charge in [0.15, 0.2) is 31.1 Å². The van der Waals surface area contributed by atoms with E-state index in [-0.39, 0.29) is 65.3 Å². The van der Waals surface area contributed by atoms with Crippen molar-refractivity contribution in [3.05, 3.63) is 0 Å². The first-order valence-corrected chi connectivity index (χ1v) is 24.1. The number of esters is 1. The van der Waals surface area contributed by atoms with Crippen LogP contribution < -0.4 is 0 Å². The van der Waals surface area contributed by atoms with Crippen LogP contribution in [0, 0.1) is 44.8 Å². The summed E-state index contributed by atoms with van der Waals surface area (Å²) in [5.41, 5.74) is -3.47. The number of ether oxygens (including phenoxy) is 8. The van der Waals surface area contributed by atoms with Gasteiger partial charge in [-0.1, -0.05) is 27.7 Å². The Morgan fingerprint density at radius 1 is 0.631 bits per heavy atom. The highest BCUT2D eigenvalue weighted by molar-refractivity contribution is 5.66. The lowest BCUT2D eigenvalue weighted by Gasteiger charge is -2.65. The van der Waals surface area contributed by atoms with Gasteiger partial charge in [0.2, 0.25) is 0 Å². The van der Waals surface area contributed by atoms with Gasteiger partial charge >= 0.3 is 5.97 Å². The van der Waals surface area contributed by atoms with Gasteiger partial charge in [0, 0.05) is 12.8 Å². The Morgan fingerprint density at radius 2 is 1.23 bits per heavy atom. The van der Waals surface area contributed by atoms with Crippen molar-refractivity contribution < 1.29 is 88.6 Å². The molecule has 18 nitrogen and oxygen atoms in total. The molecule has 2 spiro atoms.